The van der Waals surface area contributed by atoms with Gasteiger partial charge in [-0.05, 0) is 45.2 Å². The molecule has 0 aromatic rings. The molecule has 1 unspecified atom stereocenters. The van der Waals surface area contributed by atoms with Crippen LogP contribution in [-0.2, 0) is 9.53 Å². The number of carbonyl (C=O) groups is 1. The SMILES string of the molecule is CC1COCCN1CCNC(=O)CCC1CCNCC1.Cl.Cl. The lowest BCUT2D eigenvalue weighted by atomic mass is 9.93. The van der Waals surface area contributed by atoms with Gasteiger partial charge < -0.3 is 15.4 Å². The molecule has 5 nitrogen and oxygen atoms in total. The molecule has 0 saturated carbocycles. The van der Waals surface area contributed by atoms with Gasteiger partial charge in [-0.3, -0.25) is 9.69 Å². The molecule has 0 bridgehead atoms. The molecule has 0 aromatic carbocycles. The zero-order valence-corrected chi connectivity index (χ0v) is 15.1. The van der Waals surface area contributed by atoms with Crippen LogP contribution in [0.25, 0.3) is 0 Å². The van der Waals surface area contributed by atoms with Crippen molar-refractivity contribution in [2.75, 3.05) is 45.9 Å². The lowest BCUT2D eigenvalue weighted by Gasteiger charge is -2.33. The number of carbonyl (C=O) groups excluding carboxylic acids is 1. The van der Waals surface area contributed by atoms with Crippen molar-refractivity contribution in [1.29, 1.82) is 0 Å². The zero-order chi connectivity index (χ0) is 14.2. The highest BCUT2D eigenvalue weighted by molar-refractivity contribution is 5.85. The number of hydrogen-bond donors (Lipinski definition) is 2. The molecule has 2 aliphatic rings. The van der Waals surface area contributed by atoms with Crippen LogP contribution in [0, 0.1) is 5.92 Å². The molecule has 2 saturated heterocycles. The van der Waals surface area contributed by atoms with Gasteiger partial charge in [0, 0.05) is 32.1 Å². The molecule has 132 valence electrons. The second-order valence-corrected chi connectivity index (χ2v) is 6.04. The monoisotopic (exact) mass is 355 g/mol. The molecule has 0 aliphatic carbocycles. The molecule has 1 atom stereocenters. The van der Waals surface area contributed by atoms with Crippen molar-refractivity contribution >= 4 is 30.7 Å². The van der Waals surface area contributed by atoms with Crippen molar-refractivity contribution in [2.24, 2.45) is 5.92 Å². The van der Waals surface area contributed by atoms with Crippen molar-refractivity contribution in [3.63, 3.8) is 0 Å². The third-order valence-electron chi connectivity index (χ3n) is 4.46. The highest BCUT2D eigenvalue weighted by Gasteiger charge is 2.18. The Morgan fingerprint density at radius 2 is 2.05 bits per heavy atom. The lowest BCUT2D eigenvalue weighted by Crippen LogP contribution is -2.46. The van der Waals surface area contributed by atoms with E-state index in [4.69, 9.17) is 4.74 Å². The highest BCUT2D eigenvalue weighted by Crippen LogP contribution is 2.17. The number of piperidine rings is 1. The first kappa shape index (κ1) is 21.9. The molecular formula is C15H31Cl2N3O2. The molecule has 0 aromatic heterocycles. The number of nitrogens with zero attached hydrogens (tertiary/aromatic N) is 1. The van der Waals surface area contributed by atoms with E-state index in [2.05, 4.69) is 22.5 Å². The Morgan fingerprint density at radius 1 is 1.32 bits per heavy atom. The minimum atomic E-state index is 0. The Balaban J connectivity index is 0.00000220. The van der Waals surface area contributed by atoms with E-state index >= 15 is 0 Å². The lowest BCUT2D eigenvalue weighted by molar-refractivity contribution is -0.121. The summed E-state index contributed by atoms with van der Waals surface area (Å²) in [5.74, 6) is 0.950. The van der Waals surface area contributed by atoms with Crippen molar-refractivity contribution < 1.29 is 9.53 Å². The summed E-state index contributed by atoms with van der Waals surface area (Å²) in [5, 5.41) is 6.41. The van der Waals surface area contributed by atoms with Gasteiger partial charge in [0.15, 0.2) is 0 Å². The second-order valence-electron chi connectivity index (χ2n) is 6.04. The van der Waals surface area contributed by atoms with Crippen molar-refractivity contribution in [3.8, 4) is 0 Å². The van der Waals surface area contributed by atoms with Crippen molar-refractivity contribution in [1.82, 2.24) is 15.5 Å². The van der Waals surface area contributed by atoms with E-state index < -0.39 is 0 Å². The summed E-state index contributed by atoms with van der Waals surface area (Å²) in [4.78, 5) is 14.2. The predicted octanol–water partition coefficient (Wildman–Crippen LogP) is 1.45. The van der Waals surface area contributed by atoms with Gasteiger partial charge in [-0.1, -0.05) is 0 Å². The molecular weight excluding hydrogens is 325 g/mol. The first-order chi connectivity index (χ1) is 9.75. The Labute approximate surface area is 146 Å². The van der Waals surface area contributed by atoms with E-state index in [1.54, 1.807) is 0 Å². The largest absolute Gasteiger partial charge is 0.379 e. The fraction of sp³-hybridized carbons (Fsp3) is 0.933. The van der Waals surface area contributed by atoms with Crippen LogP contribution >= 0.6 is 24.8 Å². The van der Waals surface area contributed by atoms with E-state index in [-0.39, 0.29) is 30.7 Å². The average molecular weight is 356 g/mol. The minimum absolute atomic E-state index is 0. The summed E-state index contributed by atoms with van der Waals surface area (Å²) in [6.07, 6.45) is 4.17. The molecule has 2 rings (SSSR count). The van der Waals surface area contributed by atoms with Crippen LogP contribution in [0.3, 0.4) is 0 Å². The summed E-state index contributed by atoms with van der Waals surface area (Å²) in [6.45, 7) is 8.70. The van der Waals surface area contributed by atoms with Gasteiger partial charge in [0.25, 0.3) is 0 Å². The summed E-state index contributed by atoms with van der Waals surface area (Å²) >= 11 is 0. The van der Waals surface area contributed by atoms with Crippen LogP contribution in [0.15, 0.2) is 0 Å². The number of rotatable bonds is 6. The predicted molar refractivity (Wildman–Crippen MR) is 94.2 cm³/mol. The molecule has 2 aliphatic heterocycles. The Hall–Kier alpha value is -0.0700. The van der Waals surface area contributed by atoms with Crippen LogP contribution in [0.4, 0.5) is 0 Å². The van der Waals surface area contributed by atoms with Gasteiger partial charge in [-0.15, -0.1) is 24.8 Å². The molecule has 1 amide bonds. The molecule has 2 N–H and O–H groups in total. The van der Waals surface area contributed by atoms with E-state index in [9.17, 15) is 4.79 Å². The van der Waals surface area contributed by atoms with Gasteiger partial charge in [0.1, 0.15) is 0 Å². The number of ether oxygens (including phenoxy) is 1. The maximum absolute atomic E-state index is 11.8. The number of nitrogens with one attached hydrogen (secondary N) is 2. The standard InChI is InChI=1S/C15H29N3O2.2ClH/c1-13-12-20-11-10-18(13)9-8-17-15(19)3-2-14-4-6-16-7-5-14;;/h13-14,16H,2-12H2,1H3,(H,17,19);2*1H. The van der Waals surface area contributed by atoms with E-state index in [0.717, 1.165) is 58.3 Å². The fourth-order valence-electron chi connectivity index (χ4n) is 3.03. The number of halogens is 2. The average Bonchev–Trinajstić information content (AvgIpc) is 2.48. The molecule has 7 heteroatoms. The highest BCUT2D eigenvalue weighted by atomic mass is 35.5. The maximum atomic E-state index is 11.8. The molecule has 22 heavy (non-hydrogen) atoms. The Kier molecular flexibility index (Phi) is 12.3. The van der Waals surface area contributed by atoms with Crippen LogP contribution in [0.2, 0.25) is 0 Å². The zero-order valence-electron chi connectivity index (χ0n) is 13.5. The molecule has 0 radical (unpaired) electrons. The van der Waals surface area contributed by atoms with Gasteiger partial charge in [-0.25, -0.2) is 0 Å². The number of morpholine rings is 1. The second kappa shape index (κ2) is 12.4. The Bertz CT molecular complexity index is 303. The third kappa shape index (κ3) is 7.97. The third-order valence-corrected chi connectivity index (χ3v) is 4.46. The van der Waals surface area contributed by atoms with Crippen LogP contribution in [0.5, 0.6) is 0 Å². The van der Waals surface area contributed by atoms with E-state index in [0.29, 0.717) is 12.5 Å². The number of hydrogen-bond acceptors (Lipinski definition) is 4. The minimum Gasteiger partial charge on any atom is -0.379 e. The normalized spacial score (nSPS) is 23.2. The fourth-order valence-corrected chi connectivity index (χ4v) is 3.03. The van der Waals surface area contributed by atoms with Gasteiger partial charge in [-0.2, -0.15) is 0 Å². The van der Waals surface area contributed by atoms with Crippen molar-refractivity contribution in [3.05, 3.63) is 0 Å². The quantitative estimate of drug-likeness (QED) is 0.756. The summed E-state index contributed by atoms with van der Waals surface area (Å²) < 4.78 is 5.41. The molecule has 2 heterocycles. The van der Waals surface area contributed by atoms with Crippen LogP contribution in [-0.4, -0.2) is 62.8 Å². The summed E-state index contributed by atoms with van der Waals surface area (Å²) in [5.41, 5.74) is 0. The van der Waals surface area contributed by atoms with Crippen LogP contribution < -0.4 is 10.6 Å². The van der Waals surface area contributed by atoms with Crippen molar-refractivity contribution in [2.45, 2.75) is 38.6 Å². The van der Waals surface area contributed by atoms with Crippen LogP contribution in [0.1, 0.15) is 32.6 Å². The first-order valence-electron chi connectivity index (χ1n) is 8.05. The van der Waals surface area contributed by atoms with Gasteiger partial charge in [0.05, 0.1) is 13.2 Å². The smallest absolute Gasteiger partial charge is 0.220 e. The van der Waals surface area contributed by atoms with E-state index in [1.165, 1.54) is 12.8 Å². The first-order valence-corrected chi connectivity index (χ1v) is 8.05. The molecule has 0 spiro atoms. The topological polar surface area (TPSA) is 53.6 Å². The molecule has 2 fully saturated rings. The summed E-state index contributed by atoms with van der Waals surface area (Å²) in [7, 11) is 0. The van der Waals surface area contributed by atoms with E-state index in [1.807, 2.05) is 0 Å². The van der Waals surface area contributed by atoms with Gasteiger partial charge in [0.2, 0.25) is 5.91 Å². The van der Waals surface area contributed by atoms with Gasteiger partial charge >= 0.3 is 0 Å². The Morgan fingerprint density at radius 3 is 2.73 bits per heavy atom. The maximum Gasteiger partial charge on any atom is 0.220 e. The number of amides is 1. The summed E-state index contributed by atoms with van der Waals surface area (Å²) in [6, 6.07) is 0.468.